The summed E-state index contributed by atoms with van der Waals surface area (Å²) in [7, 11) is 0. The van der Waals surface area contributed by atoms with Crippen molar-refractivity contribution in [2.45, 2.75) is 6.42 Å². The Kier molecular flexibility index (Phi) is 4.50. The molecule has 2 rings (SSSR count). The molecule has 0 fully saturated rings. The van der Waals surface area contributed by atoms with E-state index >= 15 is 0 Å². The second kappa shape index (κ2) is 5.97. The molecule has 0 aliphatic rings. The van der Waals surface area contributed by atoms with Gasteiger partial charge in [-0.05, 0) is 35.9 Å². The fourth-order valence-electron chi connectivity index (χ4n) is 1.68. The monoisotopic (exact) mass is 362 g/mol. The van der Waals surface area contributed by atoms with E-state index in [4.69, 9.17) is 11.6 Å². The molecule has 0 N–H and O–H groups in total. The largest absolute Gasteiger partial charge is 0.294 e. The summed E-state index contributed by atoms with van der Waals surface area (Å²) >= 11 is 8.55. The van der Waals surface area contributed by atoms with E-state index in [1.165, 1.54) is 18.2 Å². The summed E-state index contributed by atoms with van der Waals surface area (Å²) in [5.41, 5.74) is -0.356. The van der Waals surface area contributed by atoms with Gasteiger partial charge in [0.15, 0.2) is 5.78 Å². The fourth-order valence-corrected chi connectivity index (χ4v) is 2.24. The normalized spacial score (nSPS) is 10.7. The van der Waals surface area contributed by atoms with Gasteiger partial charge in [0, 0.05) is 10.9 Å². The lowest BCUT2D eigenvalue weighted by Crippen LogP contribution is -2.08. The second-order valence-corrected chi connectivity index (χ2v) is 5.40. The third-order valence-corrected chi connectivity index (χ3v) is 3.45. The molecule has 0 spiro atoms. The van der Waals surface area contributed by atoms with E-state index in [0.29, 0.717) is 4.47 Å². The Hall–Kier alpha value is -1.33. The number of carbonyl (C=O) groups is 1. The summed E-state index contributed by atoms with van der Waals surface area (Å²) in [6.45, 7) is 0. The van der Waals surface area contributed by atoms with E-state index in [2.05, 4.69) is 15.9 Å². The molecule has 0 unspecified atom stereocenters. The average Bonchev–Trinajstić information content (AvgIpc) is 2.38. The predicted octanol–water partition coefficient (Wildman–Crippen LogP) is 4.95. The first-order chi connectivity index (χ1) is 9.38. The topological polar surface area (TPSA) is 17.1 Å². The summed E-state index contributed by atoms with van der Waals surface area (Å²) in [5, 5.41) is -0.410. The van der Waals surface area contributed by atoms with Crippen LogP contribution in [0, 0.1) is 17.5 Å². The van der Waals surface area contributed by atoms with Crippen LogP contribution in [0.3, 0.4) is 0 Å². The SMILES string of the molecule is O=C(Cc1cc(Br)ccc1F)c1cc(F)c(Cl)cc1F. The number of rotatable bonds is 3. The van der Waals surface area contributed by atoms with Crippen molar-refractivity contribution in [2.24, 2.45) is 0 Å². The van der Waals surface area contributed by atoms with Gasteiger partial charge in [0.05, 0.1) is 10.6 Å². The quantitative estimate of drug-likeness (QED) is 0.557. The molecule has 6 heteroatoms. The highest BCUT2D eigenvalue weighted by atomic mass is 79.9. The number of Topliss-reactive ketones (excluding diaryl/α,β-unsaturated/α-hetero) is 1. The van der Waals surface area contributed by atoms with E-state index in [0.717, 1.165) is 12.1 Å². The van der Waals surface area contributed by atoms with Gasteiger partial charge >= 0.3 is 0 Å². The molecule has 0 radical (unpaired) electrons. The molecule has 0 aliphatic carbocycles. The molecule has 0 aliphatic heterocycles. The van der Waals surface area contributed by atoms with Gasteiger partial charge in [-0.3, -0.25) is 4.79 Å². The number of hydrogen-bond donors (Lipinski definition) is 0. The molecule has 0 atom stereocenters. The Morgan fingerprint density at radius 2 is 1.75 bits per heavy atom. The van der Waals surface area contributed by atoms with Gasteiger partial charge in [-0.2, -0.15) is 0 Å². The fraction of sp³-hybridized carbons (Fsp3) is 0.0714. The van der Waals surface area contributed by atoms with E-state index in [1.807, 2.05) is 0 Å². The van der Waals surface area contributed by atoms with Gasteiger partial charge in [0.1, 0.15) is 17.5 Å². The molecular weight excluding hydrogens is 357 g/mol. The first-order valence-electron chi connectivity index (χ1n) is 5.50. The Morgan fingerprint density at radius 1 is 1.05 bits per heavy atom. The molecule has 2 aromatic carbocycles. The highest BCUT2D eigenvalue weighted by Crippen LogP contribution is 2.22. The molecular formula is C14H7BrClF3O. The maximum Gasteiger partial charge on any atom is 0.170 e. The maximum absolute atomic E-state index is 13.6. The van der Waals surface area contributed by atoms with Gasteiger partial charge in [0.25, 0.3) is 0 Å². The lowest BCUT2D eigenvalue weighted by atomic mass is 10.0. The zero-order valence-electron chi connectivity index (χ0n) is 9.89. The van der Waals surface area contributed by atoms with Gasteiger partial charge in [-0.25, -0.2) is 13.2 Å². The second-order valence-electron chi connectivity index (χ2n) is 4.08. The van der Waals surface area contributed by atoms with Crippen molar-refractivity contribution in [3.05, 3.63) is 68.4 Å². The van der Waals surface area contributed by atoms with Crippen LogP contribution >= 0.6 is 27.5 Å². The average molecular weight is 364 g/mol. The number of ketones is 1. The van der Waals surface area contributed by atoms with E-state index in [-0.39, 0.29) is 12.0 Å². The predicted molar refractivity (Wildman–Crippen MR) is 73.5 cm³/mol. The summed E-state index contributed by atoms with van der Waals surface area (Å²) in [5.74, 6) is -3.14. The molecule has 0 amide bonds. The Balaban J connectivity index is 2.33. The van der Waals surface area contributed by atoms with Crippen molar-refractivity contribution < 1.29 is 18.0 Å². The molecule has 0 bridgehead atoms. The van der Waals surface area contributed by atoms with Gasteiger partial charge in [0.2, 0.25) is 0 Å². The van der Waals surface area contributed by atoms with Crippen LogP contribution < -0.4 is 0 Å². The molecule has 0 heterocycles. The van der Waals surface area contributed by atoms with Crippen LogP contribution in [0.25, 0.3) is 0 Å². The molecule has 104 valence electrons. The van der Waals surface area contributed by atoms with Crippen molar-refractivity contribution in [1.82, 2.24) is 0 Å². The molecule has 2 aromatic rings. The van der Waals surface area contributed by atoms with E-state index in [9.17, 15) is 18.0 Å². The van der Waals surface area contributed by atoms with Crippen LogP contribution in [0.2, 0.25) is 5.02 Å². The summed E-state index contributed by atoms with van der Waals surface area (Å²) < 4.78 is 41.0. The summed E-state index contributed by atoms with van der Waals surface area (Å²) in [6, 6.07) is 5.52. The number of carbonyl (C=O) groups excluding carboxylic acids is 1. The zero-order chi connectivity index (χ0) is 14.9. The first kappa shape index (κ1) is 15.1. The zero-order valence-corrected chi connectivity index (χ0v) is 12.2. The number of hydrogen-bond acceptors (Lipinski definition) is 1. The van der Waals surface area contributed by atoms with E-state index in [1.54, 1.807) is 0 Å². The van der Waals surface area contributed by atoms with Crippen molar-refractivity contribution in [1.29, 1.82) is 0 Å². The van der Waals surface area contributed by atoms with Crippen molar-refractivity contribution in [3.8, 4) is 0 Å². The summed E-state index contributed by atoms with van der Waals surface area (Å²) in [4.78, 5) is 11.9. The Morgan fingerprint density at radius 3 is 2.45 bits per heavy atom. The van der Waals surface area contributed by atoms with Crippen LogP contribution in [-0.4, -0.2) is 5.78 Å². The third-order valence-electron chi connectivity index (χ3n) is 2.67. The molecule has 0 aromatic heterocycles. The van der Waals surface area contributed by atoms with Gasteiger partial charge in [-0.15, -0.1) is 0 Å². The van der Waals surface area contributed by atoms with Gasteiger partial charge < -0.3 is 0 Å². The molecule has 1 nitrogen and oxygen atoms in total. The minimum absolute atomic E-state index is 0.0964. The van der Waals surface area contributed by atoms with Crippen molar-refractivity contribution in [2.75, 3.05) is 0 Å². The van der Waals surface area contributed by atoms with Crippen LogP contribution in [0.5, 0.6) is 0 Å². The lowest BCUT2D eigenvalue weighted by molar-refractivity contribution is 0.0987. The molecule has 0 saturated carbocycles. The molecule has 20 heavy (non-hydrogen) atoms. The summed E-state index contributed by atoms with van der Waals surface area (Å²) in [6.07, 6.45) is -0.372. The van der Waals surface area contributed by atoms with Crippen molar-refractivity contribution in [3.63, 3.8) is 0 Å². The smallest absolute Gasteiger partial charge is 0.170 e. The maximum atomic E-state index is 13.6. The minimum Gasteiger partial charge on any atom is -0.294 e. The van der Waals surface area contributed by atoms with Crippen LogP contribution in [0.1, 0.15) is 15.9 Å². The number of halogens is 5. The Bertz CT molecular complexity index is 688. The first-order valence-corrected chi connectivity index (χ1v) is 6.67. The standard InChI is InChI=1S/C14H7BrClF3O/c15-8-1-2-11(17)7(3-8)4-14(20)9-5-13(19)10(16)6-12(9)18/h1-3,5-6H,4H2. The minimum atomic E-state index is -0.934. The van der Waals surface area contributed by atoms with Crippen LogP contribution in [-0.2, 0) is 6.42 Å². The van der Waals surface area contributed by atoms with Crippen LogP contribution in [0.4, 0.5) is 13.2 Å². The highest BCUT2D eigenvalue weighted by molar-refractivity contribution is 9.10. The number of benzene rings is 2. The van der Waals surface area contributed by atoms with Gasteiger partial charge in [-0.1, -0.05) is 27.5 Å². The van der Waals surface area contributed by atoms with Crippen molar-refractivity contribution >= 4 is 33.3 Å². The highest BCUT2D eigenvalue weighted by Gasteiger charge is 2.17. The lowest BCUT2D eigenvalue weighted by Gasteiger charge is -2.06. The molecule has 0 saturated heterocycles. The third kappa shape index (κ3) is 3.22. The Labute approximate surface area is 126 Å². The van der Waals surface area contributed by atoms with E-state index < -0.39 is 33.8 Å². The van der Waals surface area contributed by atoms with Crippen LogP contribution in [0.15, 0.2) is 34.8 Å².